The molecular formula is C13H21N3O3S. The van der Waals surface area contributed by atoms with Crippen molar-refractivity contribution >= 4 is 15.9 Å². The average molecular weight is 299 g/mol. The summed E-state index contributed by atoms with van der Waals surface area (Å²) in [6.07, 6.45) is 1.79. The molecule has 1 aromatic carbocycles. The molecule has 0 atom stereocenters. The fraction of sp³-hybridized carbons (Fsp3) is 0.538. The summed E-state index contributed by atoms with van der Waals surface area (Å²) < 4.78 is 33.6. The van der Waals surface area contributed by atoms with Crippen molar-refractivity contribution in [3.8, 4) is 0 Å². The maximum atomic E-state index is 12.4. The Hall–Kier alpha value is -1.15. The molecule has 1 aliphatic rings. The minimum absolute atomic E-state index is 0.0544. The highest BCUT2D eigenvalue weighted by atomic mass is 32.2. The van der Waals surface area contributed by atoms with E-state index in [1.165, 1.54) is 4.31 Å². The highest BCUT2D eigenvalue weighted by Crippen LogP contribution is 2.33. The number of hydrogen-bond acceptors (Lipinski definition) is 4. The van der Waals surface area contributed by atoms with Gasteiger partial charge in [0.2, 0.25) is 0 Å². The van der Waals surface area contributed by atoms with Crippen LogP contribution in [0.15, 0.2) is 24.3 Å². The minimum atomic E-state index is -3.53. The van der Waals surface area contributed by atoms with Gasteiger partial charge in [-0.1, -0.05) is 12.1 Å². The molecule has 0 saturated heterocycles. The molecule has 0 amide bonds. The summed E-state index contributed by atoms with van der Waals surface area (Å²) in [5, 5.41) is 0. The number of anilines is 1. The first-order valence-electron chi connectivity index (χ1n) is 6.65. The number of ether oxygens (including phenoxy) is 1. The molecule has 1 fully saturated rings. The third-order valence-electron chi connectivity index (χ3n) is 3.15. The third kappa shape index (κ3) is 3.69. The maximum Gasteiger partial charge on any atom is 0.301 e. The molecule has 3 N–H and O–H groups in total. The van der Waals surface area contributed by atoms with Gasteiger partial charge in [0.25, 0.3) is 0 Å². The van der Waals surface area contributed by atoms with Crippen LogP contribution in [0.5, 0.6) is 0 Å². The lowest BCUT2D eigenvalue weighted by Crippen LogP contribution is -2.43. The van der Waals surface area contributed by atoms with E-state index in [0.717, 1.165) is 18.4 Å². The van der Waals surface area contributed by atoms with Gasteiger partial charge in [-0.15, -0.1) is 0 Å². The topological polar surface area (TPSA) is 84.7 Å². The standard InChI is InChI=1S/C13H21N3O3S/c1-19-9-8-15-20(17,18)16(13-6-7-13)12-4-2-11(10-14)3-5-12/h2-5,13,15H,6-10,14H2,1H3. The van der Waals surface area contributed by atoms with E-state index in [9.17, 15) is 8.42 Å². The number of nitrogens with two attached hydrogens (primary N) is 1. The van der Waals surface area contributed by atoms with Crippen molar-refractivity contribution in [3.05, 3.63) is 29.8 Å². The Labute approximate surface area is 120 Å². The Morgan fingerprint density at radius 1 is 1.35 bits per heavy atom. The van der Waals surface area contributed by atoms with Gasteiger partial charge in [0.1, 0.15) is 0 Å². The summed E-state index contributed by atoms with van der Waals surface area (Å²) in [5.74, 6) is 0. The van der Waals surface area contributed by atoms with Gasteiger partial charge in [0, 0.05) is 26.2 Å². The van der Waals surface area contributed by atoms with Crippen molar-refractivity contribution in [1.82, 2.24) is 4.72 Å². The molecule has 1 aromatic rings. The van der Waals surface area contributed by atoms with Crippen molar-refractivity contribution in [1.29, 1.82) is 0 Å². The summed E-state index contributed by atoms with van der Waals surface area (Å²) in [7, 11) is -1.99. The second-order valence-corrected chi connectivity index (χ2v) is 6.42. The molecule has 0 bridgehead atoms. The molecule has 0 aliphatic heterocycles. The van der Waals surface area contributed by atoms with Crippen LogP contribution in [0.1, 0.15) is 18.4 Å². The number of nitrogens with zero attached hydrogens (tertiary/aromatic N) is 1. The molecule has 0 aromatic heterocycles. The lowest BCUT2D eigenvalue weighted by Gasteiger charge is -2.24. The lowest BCUT2D eigenvalue weighted by molar-refractivity contribution is 0.204. The Balaban J connectivity index is 2.17. The van der Waals surface area contributed by atoms with Crippen LogP contribution in [0.25, 0.3) is 0 Å². The number of benzene rings is 1. The van der Waals surface area contributed by atoms with Gasteiger partial charge in [-0.2, -0.15) is 13.1 Å². The monoisotopic (exact) mass is 299 g/mol. The van der Waals surface area contributed by atoms with Crippen molar-refractivity contribution in [3.63, 3.8) is 0 Å². The van der Waals surface area contributed by atoms with E-state index in [-0.39, 0.29) is 12.6 Å². The summed E-state index contributed by atoms with van der Waals surface area (Å²) in [5.41, 5.74) is 7.21. The van der Waals surface area contributed by atoms with Crippen molar-refractivity contribution in [2.75, 3.05) is 24.6 Å². The van der Waals surface area contributed by atoms with Crippen molar-refractivity contribution in [2.45, 2.75) is 25.4 Å². The SMILES string of the molecule is COCCNS(=O)(=O)N(c1ccc(CN)cc1)C1CC1. The van der Waals surface area contributed by atoms with Crippen LogP contribution in [0.3, 0.4) is 0 Å². The third-order valence-corrected chi connectivity index (χ3v) is 4.75. The van der Waals surface area contributed by atoms with E-state index in [1.54, 1.807) is 19.2 Å². The van der Waals surface area contributed by atoms with Gasteiger partial charge >= 0.3 is 10.2 Å². The first-order chi connectivity index (χ1) is 9.58. The smallest absolute Gasteiger partial charge is 0.301 e. The lowest BCUT2D eigenvalue weighted by atomic mass is 10.2. The first-order valence-corrected chi connectivity index (χ1v) is 8.09. The summed E-state index contributed by atoms with van der Waals surface area (Å²) in [6, 6.07) is 7.37. The molecular weight excluding hydrogens is 278 g/mol. The van der Waals surface area contributed by atoms with Gasteiger partial charge in [0.15, 0.2) is 0 Å². The molecule has 0 radical (unpaired) electrons. The highest BCUT2D eigenvalue weighted by Gasteiger charge is 2.37. The fourth-order valence-electron chi connectivity index (χ4n) is 1.98. The Bertz CT molecular complexity index is 526. The number of hydrogen-bond donors (Lipinski definition) is 2. The first kappa shape index (κ1) is 15.2. The van der Waals surface area contributed by atoms with Crippen LogP contribution in [0.4, 0.5) is 5.69 Å². The average Bonchev–Trinajstić information content (AvgIpc) is 3.24. The predicted molar refractivity (Wildman–Crippen MR) is 78.6 cm³/mol. The van der Waals surface area contributed by atoms with Crippen LogP contribution in [-0.4, -0.2) is 34.7 Å². The predicted octanol–water partition coefficient (Wildman–Crippen LogP) is 0.595. The number of methoxy groups -OCH3 is 1. The molecule has 0 heterocycles. The van der Waals surface area contributed by atoms with Gasteiger partial charge in [-0.05, 0) is 30.5 Å². The molecule has 0 unspecified atom stereocenters. The normalized spacial score (nSPS) is 15.3. The van der Waals surface area contributed by atoms with Crippen LogP contribution in [0, 0.1) is 0 Å². The molecule has 7 heteroatoms. The Morgan fingerprint density at radius 3 is 2.50 bits per heavy atom. The summed E-state index contributed by atoms with van der Waals surface area (Å²) in [6.45, 7) is 1.06. The number of rotatable bonds is 8. The zero-order chi connectivity index (χ0) is 14.6. The van der Waals surface area contributed by atoms with Gasteiger partial charge < -0.3 is 10.5 Å². The van der Waals surface area contributed by atoms with Crippen LogP contribution in [0.2, 0.25) is 0 Å². The van der Waals surface area contributed by atoms with Gasteiger partial charge in [-0.3, -0.25) is 4.31 Å². The minimum Gasteiger partial charge on any atom is -0.383 e. The van der Waals surface area contributed by atoms with Crippen LogP contribution >= 0.6 is 0 Å². The Kier molecular flexibility index (Phi) is 4.98. The largest absolute Gasteiger partial charge is 0.383 e. The zero-order valence-corrected chi connectivity index (χ0v) is 12.4. The molecule has 1 aliphatic carbocycles. The molecule has 112 valence electrons. The second kappa shape index (κ2) is 6.53. The van der Waals surface area contributed by atoms with Crippen molar-refractivity contribution < 1.29 is 13.2 Å². The van der Waals surface area contributed by atoms with E-state index < -0.39 is 10.2 Å². The van der Waals surface area contributed by atoms with E-state index in [1.807, 2.05) is 12.1 Å². The fourth-order valence-corrected chi connectivity index (χ4v) is 3.46. The quantitative estimate of drug-likeness (QED) is 0.688. The maximum absolute atomic E-state index is 12.4. The molecule has 20 heavy (non-hydrogen) atoms. The van der Waals surface area contributed by atoms with E-state index in [4.69, 9.17) is 10.5 Å². The molecule has 0 spiro atoms. The zero-order valence-electron chi connectivity index (χ0n) is 11.6. The van der Waals surface area contributed by atoms with Crippen molar-refractivity contribution in [2.24, 2.45) is 5.73 Å². The van der Waals surface area contributed by atoms with Crippen LogP contribution in [-0.2, 0) is 21.5 Å². The summed E-state index contributed by atoms with van der Waals surface area (Å²) >= 11 is 0. The molecule has 2 rings (SSSR count). The van der Waals surface area contributed by atoms with Gasteiger partial charge in [0.05, 0.1) is 12.3 Å². The molecule has 1 saturated carbocycles. The van der Waals surface area contributed by atoms with E-state index in [0.29, 0.717) is 18.8 Å². The highest BCUT2D eigenvalue weighted by molar-refractivity contribution is 7.90. The molecule has 6 nitrogen and oxygen atoms in total. The van der Waals surface area contributed by atoms with Crippen LogP contribution < -0.4 is 14.8 Å². The summed E-state index contributed by atoms with van der Waals surface area (Å²) in [4.78, 5) is 0. The van der Waals surface area contributed by atoms with Gasteiger partial charge in [-0.25, -0.2) is 0 Å². The van der Waals surface area contributed by atoms with E-state index in [2.05, 4.69) is 4.72 Å². The Morgan fingerprint density at radius 2 is 2.00 bits per heavy atom. The second-order valence-electron chi connectivity index (χ2n) is 4.79. The number of nitrogens with one attached hydrogen (secondary N) is 1. The van der Waals surface area contributed by atoms with E-state index >= 15 is 0 Å².